The molecule has 0 radical (unpaired) electrons. The van der Waals surface area contributed by atoms with Crippen LogP contribution in [0.2, 0.25) is 0 Å². The zero-order chi connectivity index (χ0) is 16.7. The number of aliphatic hydroxyl groups excluding tert-OH is 4. The maximum Gasteiger partial charge on any atom is 0.217 e. The summed E-state index contributed by atoms with van der Waals surface area (Å²) in [7, 11) is 0. The molecule has 8 heteroatoms. The highest BCUT2D eigenvalue weighted by Crippen LogP contribution is 2.14. The van der Waals surface area contributed by atoms with Crippen molar-refractivity contribution in [3.05, 3.63) is 0 Å². The van der Waals surface area contributed by atoms with E-state index in [1.165, 1.54) is 20.8 Å². The Bertz CT molecular complexity index is 311. The van der Waals surface area contributed by atoms with Crippen molar-refractivity contribution in [3.8, 4) is 0 Å². The fourth-order valence-corrected chi connectivity index (χ4v) is 1.92. The molecule has 0 rings (SSSR count). The first kappa shape index (κ1) is 20.2. The van der Waals surface area contributed by atoms with Crippen LogP contribution in [-0.2, 0) is 9.53 Å². The standard InChI is InChI=1S/C13H28N2O6/c1-6(16)5-21-13(7(2)14)12(20)10(15-9(4)18)11(19)8(3)17/h6-8,10-13,16-17,19-20H,5,14H2,1-4H3,(H,15,18). The van der Waals surface area contributed by atoms with Crippen molar-refractivity contribution in [1.82, 2.24) is 5.32 Å². The summed E-state index contributed by atoms with van der Waals surface area (Å²) in [5.74, 6) is -0.474. The number of nitrogens with one attached hydrogen (secondary N) is 1. The molecule has 0 bridgehead atoms. The second kappa shape index (κ2) is 9.29. The number of hydrogen-bond donors (Lipinski definition) is 6. The molecule has 0 aliphatic carbocycles. The minimum Gasteiger partial charge on any atom is -0.391 e. The number of carbonyl (C=O) groups excluding carboxylic acids is 1. The molecule has 21 heavy (non-hydrogen) atoms. The Morgan fingerprint density at radius 3 is 2.00 bits per heavy atom. The van der Waals surface area contributed by atoms with Crippen LogP contribution in [0.1, 0.15) is 27.7 Å². The Morgan fingerprint density at radius 2 is 1.67 bits per heavy atom. The molecular formula is C13H28N2O6. The van der Waals surface area contributed by atoms with Gasteiger partial charge in [0.05, 0.1) is 24.9 Å². The molecule has 0 fully saturated rings. The predicted molar refractivity (Wildman–Crippen MR) is 76.4 cm³/mol. The molecule has 7 unspecified atom stereocenters. The average molecular weight is 308 g/mol. The summed E-state index contributed by atoms with van der Waals surface area (Å²) in [6.07, 6.45) is -5.58. The molecule has 0 aromatic carbocycles. The normalized spacial score (nSPS) is 21.8. The molecule has 0 aromatic rings. The predicted octanol–water partition coefficient (Wildman–Crippen LogP) is -2.29. The van der Waals surface area contributed by atoms with Crippen LogP contribution in [0.25, 0.3) is 0 Å². The summed E-state index contributed by atoms with van der Waals surface area (Å²) >= 11 is 0. The lowest BCUT2D eigenvalue weighted by molar-refractivity contribution is -0.130. The van der Waals surface area contributed by atoms with Gasteiger partial charge in [-0.3, -0.25) is 4.79 Å². The number of amides is 1. The molecular weight excluding hydrogens is 280 g/mol. The lowest BCUT2D eigenvalue weighted by Gasteiger charge is -2.35. The lowest BCUT2D eigenvalue weighted by atomic mass is 9.94. The van der Waals surface area contributed by atoms with Crippen LogP contribution in [0, 0.1) is 0 Å². The number of nitrogens with two attached hydrogens (primary N) is 1. The van der Waals surface area contributed by atoms with E-state index in [9.17, 15) is 25.2 Å². The average Bonchev–Trinajstić information content (AvgIpc) is 2.33. The van der Waals surface area contributed by atoms with Crippen molar-refractivity contribution >= 4 is 5.91 Å². The van der Waals surface area contributed by atoms with Crippen molar-refractivity contribution in [2.75, 3.05) is 6.61 Å². The van der Waals surface area contributed by atoms with Crippen molar-refractivity contribution < 1.29 is 30.0 Å². The Labute approximate surface area is 124 Å². The van der Waals surface area contributed by atoms with Crippen molar-refractivity contribution in [2.24, 2.45) is 5.73 Å². The molecule has 0 saturated carbocycles. The highest BCUT2D eigenvalue weighted by Gasteiger charge is 2.37. The van der Waals surface area contributed by atoms with Gasteiger partial charge in [0.1, 0.15) is 18.3 Å². The third kappa shape index (κ3) is 7.16. The van der Waals surface area contributed by atoms with E-state index in [2.05, 4.69) is 5.32 Å². The van der Waals surface area contributed by atoms with Crippen LogP contribution in [0.4, 0.5) is 0 Å². The van der Waals surface area contributed by atoms with E-state index in [0.29, 0.717) is 0 Å². The molecule has 1 amide bonds. The van der Waals surface area contributed by atoms with Crippen molar-refractivity contribution in [2.45, 2.75) is 70.3 Å². The lowest BCUT2D eigenvalue weighted by Crippen LogP contribution is -2.60. The molecule has 0 aliphatic rings. The Kier molecular flexibility index (Phi) is 8.95. The van der Waals surface area contributed by atoms with Gasteiger partial charge in [-0.15, -0.1) is 0 Å². The highest BCUT2D eigenvalue weighted by atomic mass is 16.5. The van der Waals surface area contributed by atoms with E-state index >= 15 is 0 Å². The van der Waals surface area contributed by atoms with Crippen LogP contribution in [0.5, 0.6) is 0 Å². The second-order valence-corrected chi connectivity index (χ2v) is 5.45. The van der Waals surface area contributed by atoms with Gasteiger partial charge in [-0.1, -0.05) is 0 Å². The summed E-state index contributed by atoms with van der Waals surface area (Å²) in [4.78, 5) is 11.2. The zero-order valence-corrected chi connectivity index (χ0v) is 12.9. The third-order valence-corrected chi connectivity index (χ3v) is 2.98. The number of ether oxygens (including phenoxy) is 1. The van der Waals surface area contributed by atoms with Crippen LogP contribution < -0.4 is 11.1 Å². The van der Waals surface area contributed by atoms with Gasteiger partial charge >= 0.3 is 0 Å². The first-order valence-electron chi connectivity index (χ1n) is 6.94. The minimum absolute atomic E-state index is 0.0547. The molecule has 0 aliphatic heterocycles. The zero-order valence-electron chi connectivity index (χ0n) is 12.9. The molecule has 0 heterocycles. The Morgan fingerprint density at radius 1 is 1.14 bits per heavy atom. The van der Waals surface area contributed by atoms with E-state index in [-0.39, 0.29) is 6.61 Å². The van der Waals surface area contributed by atoms with Crippen LogP contribution in [0.15, 0.2) is 0 Å². The Hall–Kier alpha value is -0.770. The van der Waals surface area contributed by atoms with Gasteiger partial charge in [-0.2, -0.15) is 0 Å². The van der Waals surface area contributed by atoms with E-state index < -0.39 is 48.5 Å². The SMILES string of the molecule is CC(=O)NC(C(O)C(C)O)C(O)C(OCC(C)O)C(C)N. The minimum atomic E-state index is -1.39. The molecule has 0 aromatic heterocycles. The van der Waals surface area contributed by atoms with E-state index in [1.54, 1.807) is 6.92 Å². The molecule has 7 N–H and O–H groups in total. The van der Waals surface area contributed by atoms with Crippen molar-refractivity contribution in [3.63, 3.8) is 0 Å². The van der Waals surface area contributed by atoms with Gasteiger partial charge < -0.3 is 36.2 Å². The van der Waals surface area contributed by atoms with Gasteiger partial charge in [0.2, 0.25) is 5.91 Å². The smallest absolute Gasteiger partial charge is 0.217 e. The molecule has 0 spiro atoms. The van der Waals surface area contributed by atoms with E-state index in [4.69, 9.17) is 10.5 Å². The van der Waals surface area contributed by atoms with E-state index in [1.807, 2.05) is 0 Å². The quantitative estimate of drug-likeness (QED) is 0.281. The summed E-state index contributed by atoms with van der Waals surface area (Å²) in [6, 6.07) is -1.76. The first-order valence-corrected chi connectivity index (χ1v) is 6.94. The van der Waals surface area contributed by atoms with E-state index in [0.717, 1.165) is 0 Å². The highest BCUT2D eigenvalue weighted by molar-refractivity contribution is 5.73. The van der Waals surface area contributed by atoms with Crippen LogP contribution in [-0.4, -0.2) is 75.5 Å². The van der Waals surface area contributed by atoms with Gasteiger partial charge in [0.15, 0.2) is 0 Å². The Balaban J connectivity index is 5.08. The summed E-state index contributed by atoms with van der Waals surface area (Å²) in [5.41, 5.74) is 5.75. The van der Waals surface area contributed by atoms with Crippen molar-refractivity contribution in [1.29, 1.82) is 0 Å². The summed E-state index contributed by atoms with van der Waals surface area (Å²) in [5, 5.41) is 41.4. The van der Waals surface area contributed by atoms with Crippen LogP contribution in [0.3, 0.4) is 0 Å². The molecule has 7 atom stereocenters. The maximum absolute atomic E-state index is 11.2. The third-order valence-electron chi connectivity index (χ3n) is 2.98. The van der Waals surface area contributed by atoms with Gasteiger partial charge in [-0.25, -0.2) is 0 Å². The summed E-state index contributed by atoms with van der Waals surface area (Å²) in [6.45, 7) is 5.62. The fourth-order valence-electron chi connectivity index (χ4n) is 1.92. The van der Waals surface area contributed by atoms with Gasteiger partial charge in [0, 0.05) is 13.0 Å². The molecule has 8 nitrogen and oxygen atoms in total. The fraction of sp³-hybridized carbons (Fsp3) is 0.923. The monoisotopic (exact) mass is 308 g/mol. The first-order chi connectivity index (χ1) is 9.57. The molecule has 126 valence electrons. The largest absolute Gasteiger partial charge is 0.391 e. The number of carbonyl (C=O) groups is 1. The van der Waals surface area contributed by atoms with Gasteiger partial charge in [0.25, 0.3) is 0 Å². The second-order valence-electron chi connectivity index (χ2n) is 5.45. The van der Waals surface area contributed by atoms with Gasteiger partial charge in [-0.05, 0) is 20.8 Å². The number of hydrogen-bond acceptors (Lipinski definition) is 7. The number of rotatable bonds is 9. The molecule has 0 saturated heterocycles. The number of aliphatic hydroxyl groups is 4. The maximum atomic E-state index is 11.2. The topological polar surface area (TPSA) is 145 Å². The van der Waals surface area contributed by atoms with Crippen LogP contribution >= 0.6 is 0 Å². The summed E-state index contributed by atoms with van der Waals surface area (Å²) < 4.78 is 5.35.